The van der Waals surface area contributed by atoms with Crippen LogP contribution in [-0.2, 0) is 61.6 Å². The van der Waals surface area contributed by atoms with Crippen LogP contribution in [0, 0.1) is 11.8 Å². The molecule has 83 heavy (non-hydrogen) atoms. The standard InChI is InChI=1S/C50H89NO32/c1-17(2)42-39(68)44(82-49-37(66)33(62)27(56)20(11-53)78-49)31(60)24(75-42)15-72-47-36(65)35(64)29(58)23(80-47)14-71-7-5-6-51-8-19(10-52)74-26(9-51)81-46-30(59)22(13-55)77-48(41(46)70)73-16-25-32(61)45(40(69)43(76-25)18(3)4)83-50-38(67)34(63)28(57)21(12-54)79-50/h17-50,52-70H,5-16H2,1-4H3. The highest BCUT2D eigenvalue weighted by atomic mass is 16.8. The molecule has 7 rings (SSSR count). The summed E-state index contributed by atoms with van der Waals surface area (Å²) in [5.41, 5.74) is 0. The van der Waals surface area contributed by atoms with Crippen LogP contribution in [0.4, 0.5) is 0 Å². The van der Waals surface area contributed by atoms with Crippen LogP contribution in [0.1, 0.15) is 34.1 Å². The molecule has 0 aliphatic carbocycles. The van der Waals surface area contributed by atoms with Gasteiger partial charge in [0.05, 0.1) is 64.6 Å². The fraction of sp³-hybridized carbons (Fsp3) is 1.00. The molecular formula is C50H89NO32. The van der Waals surface area contributed by atoms with Gasteiger partial charge in [-0.15, -0.1) is 0 Å². The van der Waals surface area contributed by atoms with Crippen molar-refractivity contribution in [3.8, 4) is 0 Å². The Bertz CT molecular complexity index is 1900. The molecule has 32 unspecified atom stereocenters. The average Bonchev–Trinajstić information content (AvgIpc) is 3.62. The van der Waals surface area contributed by atoms with Crippen molar-refractivity contribution in [2.75, 3.05) is 72.5 Å². The third kappa shape index (κ3) is 16.0. The lowest BCUT2D eigenvalue weighted by molar-refractivity contribution is -0.354. The van der Waals surface area contributed by atoms with E-state index in [1.807, 2.05) is 4.90 Å². The van der Waals surface area contributed by atoms with Gasteiger partial charge in [0.1, 0.15) is 146 Å². The minimum Gasteiger partial charge on any atom is -0.394 e. The van der Waals surface area contributed by atoms with Gasteiger partial charge in [0, 0.05) is 26.2 Å². The smallest absolute Gasteiger partial charge is 0.187 e. The first-order valence-corrected chi connectivity index (χ1v) is 28.1. The van der Waals surface area contributed by atoms with E-state index in [1.165, 1.54) is 0 Å². The number of ether oxygens (including phenoxy) is 13. The molecule has 0 saturated carbocycles. The number of hydrogen-bond acceptors (Lipinski definition) is 33. The zero-order valence-corrected chi connectivity index (χ0v) is 46.4. The maximum atomic E-state index is 11.6. The second-order valence-electron chi connectivity index (χ2n) is 22.9. The molecule has 32 atom stereocenters. The summed E-state index contributed by atoms with van der Waals surface area (Å²) in [5.74, 6) is -0.811. The Balaban J connectivity index is 0.898. The van der Waals surface area contributed by atoms with Crippen molar-refractivity contribution < 1.29 is 159 Å². The Morgan fingerprint density at radius 3 is 1.22 bits per heavy atom. The summed E-state index contributed by atoms with van der Waals surface area (Å²) in [7, 11) is 0. The highest BCUT2D eigenvalue weighted by molar-refractivity contribution is 5.00. The molecule has 0 bridgehead atoms. The number of aliphatic hydroxyl groups is 19. The third-order valence-electron chi connectivity index (χ3n) is 16.1. The van der Waals surface area contributed by atoms with Crippen molar-refractivity contribution in [3.63, 3.8) is 0 Å². The van der Waals surface area contributed by atoms with E-state index in [9.17, 15) is 97.0 Å². The van der Waals surface area contributed by atoms with Gasteiger partial charge in [0.2, 0.25) is 0 Å². The van der Waals surface area contributed by atoms with E-state index in [4.69, 9.17) is 61.6 Å². The van der Waals surface area contributed by atoms with Crippen LogP contribution in [-0.4, -0.2) is 371 Å². The van der Waals surface area contributed by atoms with Gasteiger partial charge in [-0.2, -0.15) is 0 Å². The van der Waals surface area contributed by atoms with Gasteiger partial charge in [-0.1, -0.05) is 27.7 Å². The van der Waals surface area contributed by atoms with E-state index in [2.05, 4.69) is 0 Å². The van der Waals surface area contributed by atoms with E-state index < -0.39 is 248 Å². The quantitative estimate of drug-likeness (QED) is 0.0399. The summed E-state index contributed by atoms with van der Waals surface area (Å²) < 4.78 is 75.4. The van der Waals surface area contributed by atoms with Crippen LogP contribution in [0.3, 0.4) is 0 Å². The molecule has 0 aromatic rings. The summed E-state index contributed by atoms with van der Waals surface area (Å²) in [6.07, 6.45) is -49.2. The van der Waals surface area contributed by atoms with Crippen LogP contribution in [0.15, 0.2) is 0 Å². The third-order valence-corrected chi connectivity index (χ3v) is 16.1. The van der Waals surface area contributed by atoms with Crippen molar-refractivity contribution in [1.82, 2.24) is 4.90 Å². The molecule has 0 aromatic heterocycles. The van der Waals surface area contributed by atoms with Crippen LogP contribution in [0.2, 0.25) is 0 Å². The van der Waals surface area contributed by atoms with E-state index >= 15 is 0 Å². The molecule has 19 N–H and O–H groups in total. The van der Waals surface area contributed by atoms with Crippen LogP contribution in [0.25, 0.3) is 0 Å². The van der Waals surface area contributed by atoms with Gasteiger partial charge < -0.3 is 159 Å². The van der Waals surface area contributed by atoms with Gasteiger partial charge in [-0.25, -0.2) is 0 Å². The SMILES string of the molecule is CC(C)C1OC(COC2OC(COCCCN3CC(CO)OC(OC4C(O)C(CO)OC(OCC5OC(C(C)C)C(O)C(OC6OC(CO)C(O)C(O)C6O)C5O)C4O)C3)C(O)C(O)C2O)C(O)C(OC2OC(CO)C(O)C(O)C2O)C1O. The fourth-order valence-corrected chi connectivity index (χ4v) is 11.2. The van der Waals surface area contributed by atoms with Crippen molar-refractivity contribution in [2.45, 2.75) is 230 Å². The Morgan fingerprint density at radius 2 is 0.759 bits per heavy atom. The highest BCUT2D eigenvalue weighted by Gasteiger charge is 2.55. The Morgan fingerprint density at radius 1 is 0.373 bits per heavy atom. The van der Waals surface area contributed by atoms with Crippen molar-refractivity contribution >= 4 is 0 Å². The molecular weight excluding hydrogens is 1130 g/mol. The Labute approximate surface area is 477 Å². The molecule has 7 heterocycles. The topological polar surface area (TPSA) is 508 Å². The lowest BCUT2D eigenvalue weighted by atomic mass is 9.89. The zero-order chi connectivity index (χ0) is 60.9. The molecule has 33 heteroatoms. The predicted molar refractivity (Wildman–Crippen MR) is 267 cm³/mol. The summed E-state index contributed by atoms with van der Waals surface area (Å²) in [6.45, 7) is 3.13. The first-order chi connectivity index (χ1) is 39.3. The minimum absolute atomic E-state index is 0.0178. The number of rotatable bonds is 24. The van der Waals surface area contributed by atoms with Crippen molar-refractivity contribution in [1.29, 1.82) is 0 Å². The van der Waals surface area contributed by atoms with E-state index in [-0.39, 0.29) is 26.3 Å². The lowest BCUT2D eigenvalue weighted by Crippen LogP contribution is -2.65. The van der Waals surface area contributed by atoms with Crippen LogP contribution < -0.4 is 0 Å². The monoisotopic (exact) mass is 1220 g/mol. The summed E-state index contributed by atoms with van der Waals surface area (Å²) in [5, 5.41) is 202. The molecule has 0 amide bonds. The summed E-state index contributed by atoms with van der Waals surface area (Å²) in [4.78, 5) is 1.83. The summed E-state index contributed by atoms with van der Waals surface area (Å²) >= 11 is 0. The van der Waals surface area contributed by atoms with E-state index in [0.29, 0.717) is 13.0 Å². The van der Waals surface area contributed by atoms with Gasteiger partial charge >= 0.3 is 0 Å². The molecule has 7 aliphatic rings. The molecule has 7 saturated heterocycles. The first kappa shape index (κ1) is 69.2. The Hall–Kier alpha value is -1.32. The number of nitrogens with zero attached hydrogens (tertiary/aromatic N) is 1. The zero-order valence-electron chi connectivity index (χ0n) is 46.4. The second-order valence-corrected chi connectivity index (χ2v) is 22.9. The van der Waals surface area contributed by atoms with Crippen LogP contribution in [0.5, 0.6) is 0 Å². The average molecular weight is 1220 g/mol. The van der Waals surface area contributed by atoms with Crippen LogP contribution >= 0.6 is 0 Å². The normalized spacial score (nSPS) is 48.7. The molecule has 7 aliphatic heterocycles. The van der Waals surface area contributed by atoms with Crippen molar-refractivity contribution in [2.24, 2.45) is 11.8 Å². The summed E-state index contributed by atoms with van der Waals surface area (Å²) in [6, 6.07) is 0. The van der Waals surface area contributed by atoms with Gasteiger partial charge in [-0.3, -0.25) is 4.90 Å². The van der Waals surface area contributed by atoms with Gasteiger partial charge in [0.25, 0.3) is 0 Å². The fourth-order valence-electron chi connectivity index (χ4n) is 11.2. The molecule has 0 spiro atoms. The van der Waals surface area contributed by atoms with Crippen molar-refractivity contribution in [3.05, 3.63) is 0 Å². The maximum absolute atomic E-state index is 11.6. The number of aliphatic hydroxyl groups excluding tert-OH is 19. The number of hydrogen-bond donors (Lipinski definition) is 19. The number of morpholine rings is 1. The largest absolute Gasteiger partial charge is 0.394 e. The molecule has 0 radical (unpaired) electrons. The second kappa shape index (κ2) is 30.9. The van der Waals surface area contributed by atoms with Gasteiger partial charge in [0.15, 0.2) is 31.5 Å². The van der Waals surface area contributed by atoms with E-state index in [0.717, 1.165) is 0 Å². The maximum Gasteiger partial charge on any atom is 0.187 e. The first-order valence-electron chi connectivity index (χ1n) is 28.1. The van der Waals surface area contributed by atoms with E-state index in [1.54, 1.807) is 27.7 Å². The van der Waals surface area contributed by atoms with Gasteiger partial charge in [-0.05, 0) is 18.3 Å². The lowest BCUT2D eigenvalue weighted by Gasteiger charge is -2.48. The molecule has 486 valence electrons. The minimum atomic E-state index is -1.87. The predicted octanol–water partition coefficient (Wildman–Crippen LogP) is -11.3. The molecule has 0 aromatic carbocycles. The molecule has 33 nitrogen and oxygen atoms in total. The molecule has 7 fully saturated rings. The highest BCUT2D eigenvalue weighted by Crippen LogP contribution is 2.36. The Kier molecular flexibility index (Phi) is 25.8.